The minimum atomic E-state index is 0.186. The lowest BCUT2D eigenvalue weighted by atomic mass is 10.2. The number of amides is 1. The number of quaternary nitrogens is 1. The van der Waals surface area contributed by atoms with Crippen LogP contribution in [0.15, 0.2) is 24.3 Å². The van der Waals surface area contributed by atoms with Crippen LogP contribution in [-0.4, -0.2) is 52.3 Å². The van der Waals surface area contributed by atoms with Gasteiger partial charge in [0, 0.05) is 18.3 Å². The van der Waals surface area contributed by atoms with Crippen LogP contribution < -0.4 is 19.9 Å². The van der Waals surface area contributed by atoms with Crippen LogP contribution in [0.4, 0.5) is 5.69 Å². The molecule has 0 bridgehead atoms. The second kappa shape index (κ2) is 9.40. The average molecular weight is 320 g/mol. The first-order valence-electron chi connectivity index (χ1n) is 8.72. The summed E-state index contributed by atoms with van der Waals surface area (Å²) in [6.07, 6.45) is 3.46. The van der Waals surface area contributed by atoms with E-state index in [9.17, 15) is 4.79 Å². The molecule has 1 aromatic carbocycles. The van der Waals surface area contributed by atoms with E-state index in [1.54, 1.807) is 7.11 Å². The lowest BCUT2D eigenvalue weighted by molar-refractivity contribution is -0.892. The number of ether oxygens (including phenoxy) is 1. The van der Waals surface area contributed by atoms with Crippen molar-refractivity contribution in [1.29, 1.82) is 0 Å². The summed E-state index contributed by atoms with van der Waals surface area (Å²) in [4.78, 5) is 15.7. The molecule has 0 unspecified atom stereocenters. The van der Waals surface area contributed by atoms with E-state index in [-0.39, 0.29) is 5.91 Å². The summed E-state index contributed by atoms with van der Waals surface area (Å²) in [6, 6.07) is 8.18. The third kappa shape index (κ3) is 5.75. The van der Waals surface area contributed by atoms with Gasteiger partial charge >= 0.3 is 0 Å². The third-order valence-corrected chi connectivity index (χ3v) is 4.40. The highest BCUT2D eigenvalue weighted by Gasteiger charge is 2.22. The van der Waals surface area contributed by atoms with Crippen LogP contribution in [0.3, 0.4) is 0 Å². The third-order valence-electron chi connectivity index (χ3n) is 4.40. The number of hydrogen-bond donors (Lipinski definition) is 2. The molecule has 1 aliphatic heterocycles. The molecule has 1 aliphatic rings. The summed E-state index contributed by atoms with van der Waals surface area (Å²) in [7, 11) is 1.69. The summed E-state index contributed by atoms with van der Waals surface area (Å²) >= 11 is 0. The maximum absolute atomic E-state index is 11.9. The molecule has 1 amide bonds. The molecule has 0 aliphatic carbocycles. The van der Waals surface area contributed by atoms with Gasteiger partial charge in [0.2, 0.25) is 0 Å². The first kappa shape index (κ1) is 17.6. The van der Waals surface area contributed by atoms with Crippen LogP contribution in [0, 0.1) is 0 Å². The van der Waals surface area contributed by atoms with Gasteiger partial charge in [-0.2, -0.15) is 0 Å². The molecule has 0 radical (unpaired) electrons. The van der Waals surface area contributed by atoms with Crippen LogP contribution >= 0.6 is 0 Å². The van der Waals surface area contributed by atoms with Gasteiger partial charge in [-0.15, -0.1) is 0 Å². The van der Waals surface area contributed by atoms with Crippen molar-refractivity contribution >= 4 is 11.6 Å². The number of nitrogens with one attached hydrogen (secondary N) is 2. The summed E-state index contributed by atoms with van der Waals surface area (Å²) < 4.78 is 5.29. The molecule has 5 nitrogen and oxygen atoms in total. The molecule has 2 N–H and O–H groups in total. The molecule has 2 rings (SSSR count). The van der Waals surface area contributed by atoms with Crippen molar-refractivity contribution in [3.05, 3.63) is 24.3 Å². The van der Waals surface area contributed by atoms with E-state index < -0.39 is 0 Å². The van der Waals surface area contributed by atoms with Crippen LogP contribution in [0.2, 0.25) is 0 Å². The molecule has 0 saturated carbocycles. The smallest absolute Gasteiger partial charge is 0.275 e. The highest BCUT2D eigenvalue weighted by molar-refractivity contribution is 5.76. The number of anilines is 1. The number of carbonyl (C=O) groups is 1. The van der Waals surface area contributed by atoms with Gasteiger partial charge in [-0.25, -0.2) is 0 Å². The Morgan fingerprint density at radius 1 is 1.30 bits per heavy atom. The molecule has 0 spiro atoms. The predicted molar refractivity (Wildman–Crippen MR) is 93.3 cm³/mol. The number of rotatable bonds is 8. The molecule has 128 valence electrons. The molecule has 5 heteroatoms. The summed E-state index contributed by atoms with van der Waals surface area (Å²) in [5, 5.41) is 3.03. The van der Waals surface area contributed by atoms with Crippen LogP contribution in [0.5, 0.6) is 5.75 Å². The normalized spacial score (nSPS) is 15.5. The summed E-state index contributed by atoms with van der Waals surface area (Å²) in [5.74, 6) is 1.08. The Bertz CT molecular complexity index is 485. The standard InChI is InChI=1S/C18H29N3O2/c1-3-4-5-9-19-18(22)15-20-10-12-21(13-11-20)16-7-6-8-17(14-16)23-2/h6-8,14H,3-5,9-13,15H2,1-2H3,(H,19,22)/p+1. The summed E-state index contributed by atoms with van der Waals surface area (Å²) in [5.41, 5.74) is 1.20. The molecule has 1 heterocycles. The number of carbonyl (C=O) groups excluding carboxylic acids is 1. The number of hydrogen-bond acceptors (Lipinski definition) is 3. The minimum absolute atomic E-state index is 0.186. The fourth-order valence-electron chi connectivity index (χ4n) is 2.96. The Kier molecular flexibility index (Phi) is 7.20. The van der Waals surface area contributed by atoms with Crippen molar-refractivity contribution in [2.45, 2.75) is 26.2 Å². The van der Waals surface area contributed by atoms with Crippen molar-refractivity contribution in [1.82, 2.24) is 5.32 Å². The Hall–Kier alpha value is -1.75. The molecule has 1 saturated heterocycles. The van der Waals surface area contributed by atoms with E-state index in [4.69, 9.17) is 4.74 Å². The lowest BCUT2D eigenvalue weighted by Gasteiger charge is -2.33. The molecular formula is C18H30N3O2+. The van der Waals surface area contributed by atoms with E-state index in [0.717, 1.165) is 44.9 Å². The topological polar surface area (TPSA) is 46.0 Å². The van der Waals surface area contributed by atoms with E-state index in [1.165, 1.54) is 23.4 Å². The zero-order chi connectivity index (χ0) is 16.5. The largest absolute Gasteiger partial charge is 0.497 e. The van der Waals surface area contributed by atoms with Gasteiger partial charge in [0.15, 0.2) is 6.54 Å². The van der Waals surface area contributed by atoms with Crippen molar-refractivity contribution < 1.29 is 14.4 Å². The Balaban J connectivity index is 1.72. The monoisotopic (exact) mass is 320 g/mol. The van der Waals surface area contributed by atoms with Gasteiger partial charge in [0.1, 0.15) is 5.75 Å². The lowest BCUT2D eigenvalue weighted by Crippen LogP contribution is -3.15. The molecule has 0 atom stereocenters. The van der Waals surface area contributed by atoms with Gasteiger partial charge in [-0.1, -0.05) is 25.8 Å². The molecular weight excluding hydrogens is 290 g/mol. The van der Waals surface area contributed by atoms with E-state index in [2.05, 4.69) is 29.3 Å². The van der Waals surface area contributed by atoms with E-state index in [0.29, 0.717) is 6.54 Å². The van der Waals surface area contributed by atoms with E-state index in [1.807, 2.05) is 12.1 Å². The Morgan fingerprint density at radius 2 is 2.09 bits per heavy atom. The maximum Gasteiger partial charge on any atom is 0.275 e. The Labute approximate surface area is 139 Å². The van der Waals surface area contributed by atoms with Gasteiger partial charge in [-0.05, 0) is 18.6 Å². The Morgan fingerprint density at radius 3 is 2.78 bits per heavy atom. The highest BCUT2D eigenvalue weighted by Crippen LogP contribution is 2.20. The molecule has 1 fully saturated rings. The number of benzene rings is 1. The van der Waals surface area contributed by atoms with Gasteiger partial charge in [-0.3, -0.25) is 4.79 Å². The second-order valence-corrected chi connectivity index (χ2v) is 6.17. The number of nitrogens with zero attached hydrogens (tertiary/aromatic N) is 1. The van der Waals surface area contributed by atoms with Crippen LogP contribution in [0.25, 0.3) is 0 Å². The van der Waals surface area contributed by atoms with Crippen LogP contribution in [-0.2, 0) is 4.79 Å². The first-order chi connectivity index (χ1) is 11.2. The van der Waals surface area contributed by atoms with Crippen molar-refractivity contribution in [3.8, 4) is 5.75 Å². The van der Waals surface area contributed by atoms with Gasteiger partial charge in [0.25, 0.3) is 5.91 Å². The number of methoxy groups -OCH3 is 1. The van der Waals surface area contributed by atoms with E-state index >= 15 is 0 Å². The fourth-order valence-corrected chi connectivity index (χ4v) is 2.96. The van der Waals surface area contributed by atoms with Gasteiger partial charge in [0.05, 0.1) is 33.3 Å². The quantitative estimate of drug-likeness (QED) is 0.694. The maximum atomic E-state index is 11.9. The first-order valence-corrected chi connectivity index (χ1v) is 8.72. The SMILES string of the molecule is CCCCCNC(=O)C[NH+]1CCN(c2cccc(OC)c2)CC1. The van der Waals surface area contributed by atoms with Crippen molar-refractivity contribution in [2.24, 2.45) is 0 Å². The average Bonchev–Trinajstić information content (AvgIpc) is 2.59. The highest BCUT2D eigenvalue weighted by atomic mass is 16.5. The molecule has 23 heavy (non-hydrogen) atoms. The predicted octanol–water partition coefficient (Wildman–Crippen LogP) is 0.707. The van der Waals surface area contributed by atoms with Crippen LogP contribution in [0.1, 0.15) is 26.2 Å². The van der Waals surface area contributed by atoms with Crippen molar-refractivity contribution in [3.63, 3.8) is 0 Å². The van der Waals surface area contributed by atoms with Gasteiger partial charge < -0.3 is 19.9 Å². The second-order valence-electron chi connectivity index (χ2n) is 6.17. The zero-order valence-electron chi connectivity index (χ0n) is 14.4. The summed E-state index contributed by atoms with van der Waals surface area (Å²) in [6.45, 7) is 7.54. The van der Waals surface area contributed by atoms with Crippen molar-refractivity contribution in [2.75, 3.05) is 51.3 Å². The fraction of sp³-hybridized carbons (Fsp3) is 0.611. The number of piperazine rings is 1. The zero-order valence-corrected chi connectivity index (χ0v) is 14.4. The minimum Gasteiger partial charge on any atom is -0.497 e. The number of unbranched alkanes of at least 4 members (excludes halogenated alkanes) is 2. The molecule has 1 aromatic rings. The molecule has 0 aromatic heterocycles.